The number of hydrogen-bond donors (Lipinski definition) is 0. The van der Waals surface area contributed by atoms with Gasteiger partial charge in [0.05, 0.1) is 26.2 Å². The van der Waals surface area contributed by atoms with E-state index in [9.17, 15) is 0 Å². The molecule has 0 aliphatic heterocycles. The Morgan fingerprint density at radius 3 is 1.88 bits per heavy atom. The van der Waals surface area contributed by atoms with Gasteiger partial charge in [0.1, 0.15) is 0 Å². The maximum absolute atomic E-state index is 2.31. The molecular weight excluding hydrogens is 230 g/mol. The van der Waals surface area contributed by atoms with E-state index in [1.54, 1.807) is 0 Å². The first-order chi connectivity index (χ1) is 7.76. The molecule has 1 aromatic rings. The van der Waals surface area contributed by atoms with Crippen LogP contribution in [0.3, 0.4) is 0 Å². The zero-order valence-electron chi connectivity index (χ0n) is 11.5. The largest absolute Gasteiger partial charge is 1.00 e. The summed E-state index contributed by atoms with van der Waals surface area (Å²) in [6.45, 7) is 12.1. The summed E-state index contributed by atoms with van der Waals surface area (Å²) in [5.41, 5.74) is 1.48. The summed E-state index contributed by atoms with van der Waals surface area (Å²) in [5, 5.41) is 0. The normalized spacial score (nSPS) is 11.0. The van der Waals surface area contributed by atoms with Gasteiger partial charge in [-0.25, -0.2) is 0 Å². The first-order valence-corrected chi connectivity index (χ1v) is 6.65. The smallest absolute Gasteiger partial charge is 0.0789 e. The summed E-state index contributed by atoms with van der Waals surface area (Å²) in [6, 6.07) is 10.8. The predicted octanol–water partition coefficient (Wildman–Crippen LogP) is 0.500. The van der Waals surface area contributed by atoms with Crippen molar-refractivity contribution in [2.75, 3.05) is 26.2 Å². The molecule has 0 aliphatic carbocycles. The van der Waals surface area contributed by atoms with Gasteiger partial charge in [-0.1, -0.05) is 30.3 Å². The van der Waals surface area contributed by atoms with Crippen LogP contribution < -0.4 is 12.4 Å². The molecule has 1 rings (SSSR count). The lowest BCUT2D eigenvalue weighted by Gasteiger charge is -2.35. The lowest BCUT2D eigenvalue weighted by Crippen LogP contribution is -3.00. The Kier molecular flexibility index (Phi) is 8.28. The predicted molar refractivity (Wildman–Crippen MR) is 71.5 cm³/mol. The molecule has 0 unspecified atom stereocenters. The standard InChI is InChI=1S/C15H26N.ClH/c1-4-16(5-2,6-3)14-10-13-15-11-8-7-9-12-15;/h7-9,11-12H,4-6,10,13-14H2,1-3H3;1H/q+1;/p-1. The van der Waals surface area contributed by atoms with E-state index in [-0.39, 0.29) is 12.4 Å². The van der Waals surface area contributed by atoms with Crippen molar-refractivity contribution in [3.05, 3.63) is 35.9 Å². The van der Waals surface area contributed by atoms with Crippen molar-refractivity contribution in [2.24, 2.45) is 0 Å². The maximum Gasteiger partial charge on any atom is 0.0789 e. The van der Waals surface area contributed by atoms with E-state index < -0.39 is 0 Å². The van der Waals surface area contributed by atoms with Crippen LogP contribution in [0.2, 0.25) is 0 Å². The van der Waals surface area contributed by atoms with Gasteiger partial charge < -0.3 is 16.9 Å². The molecule has 0 atom stereocenters. The van der Waals surface area contributed by atoms with Crippen LogP contribution in [0.15, 0.2) is 30.3 Å². The molecule has 0 amide bonds. The first kappa shape index (κ1) is 16.5. The Hall–Kier alpha value is -0.530. The highest BCUT2D eigenvalue weighted by molar-refractivity contribution is 5.14. The SMILES string of the molecule is CC[N+](CC)(CC)CCCc1ccccc1.[Cl-]. The quantitative estimate of drug-likeness (QED) is 0.623. The van der Waals surface area contributed by atoms with Crippen LogP contribution in [-0.4, -0.2) is 30.7 Å². The second-order valence-electron chi connectivity index (χ2n) is 4.60. The van der Waals surface area contributed by atoms with Crippen molar-refractivity contribution in [1.82, 2.24) is 0 Å². The fourth-order valence-corrected chi connectivity index (χ4v) is 2.41. The van der Waals surface area contributed by atoms with Gasteiger partial charge in [0.2, 0.25) is 0 Å². The van der Waals surface area contributed by atoms with Crippen LogP contribution in [0.25, 0.3) is 0 Å². The van der Waals surface area contributed by atoms with E-state index in [1.165, 1.54) is 49.1 Å². The molecule has 0 saturated heterocycles. The Morgan fingerprint density at radius 1 is 0.882 bits per heavy atom. The Balaban J connectivity index is 0.00000256. The van der Waals surface area contributed by atoms with Gasteiger partial charge in [-0.05, 0) is 32.8 Å². The molecule has 2 heteroatoms. The molecule has 0 N–H and O–H groups in total. The van der Waals surface area contributed by atoms with Gasteiger partial charge in [0.25, 0.3) is 0 Å². The summed E-state index contributed by atoms with van der Waals surface area (Å²) in [6.07, 6.45) is 2.53. The summed E-state index contributed by atoms with van der Waals surface area (Å²) in [4.78, 5) is 0. The van der Waals surface area contributed by atoms with Crippen molar-refractivity contribution in [1.29, 1.82) is 0 Å². The van der Waals surface area contributed by atoms with Gasteiger partial charge in [-0.15, -0.1) is 0 Å². The number of quaternary nitrogens is 1. The van der Waals surface area contributed by atoms with Crippen LogP contribution in [0, 0.1) is 0 Å². The van der Waals surface area contributed by atoms with E-state index in [0.29, 0.717) is 0 Å². The Labute approximate surface area is 113 Å². The molecule has 1 aromatic carbocycles. The minimum atomic E-state index is 0. The minimum Gasteiger partial charge on any atom is -1.00 e. The molecule has 0 aromatic heterocycles. The lowest BCUT2D eigenvalue weighted by molar-refractivity contribution is -0.923. The number of halogens is 1. The van der Waals surface area contributed by atoms with E-state index in [2.05, 4.69) is 51.1 Å². The molecular formula is C15H26ClN. The number of hydrogen-bond acceptors (Lipinski definition) is 0. The molecule has 0 aliphatic rings. The molecule has 0 fully saturated rings. The molecule has 0 radical (unpaired) electrons. The van der Waals surface area contributed by atoms with E-state index in [0.717, 1.165) is 0 Å². The lowest BCUT2D eigenvalue weighted by atomic mass is 10.1. The van der Waals surface area contributed by atoms with Crippen molar-refractivity contribution in [3.8, 4) is 0 Å². The number of benzene rings is 1. The van der Waals surface area contributed by atoms with Crippen molar-refractivity contribution in [3.63, 3.8) is 0 Å². The molecule has 0 heterocycles. The minimum absolute atomic E-state index is 0. The van der Waals surface area contributed by atoms with Gasteiger partial charge in [-0.2, -0.15) is 0 Å². The second-order valence-corrected chi connectivity index (χ2v) is 4.60. The number of nitrogens with zero attached hydrogens (tertiary/aromatic N) is 1. The van der Waals surface area contributed by atoms with Crippen LogP contribution >= 0.6 is 0 Å². The average molecular weight is 256 g/mol. The summed E-state index contributed by atoms with van der Waals surface area (Å²) >= 11 is 0. The van der Waals surface area contributed by atoms with Crippen molar-refractivity contribution in [2.45, 2.75) is 33.6 Å². The summed E-state index contributed by atoms with van der Waals surface area (Å²) < 4.78 is 1.27. The van der Waals surface area contributed by atoms with Crippen molar-refractivity contribution < 1.29 is 16.9 Å². The molecule has 17 heavy (non-hydrogen) atoms. The topological polar surface area (TPSA) is 0 Å². The van der Waals surface area contributed by atoms with Gasteiger partial charge in [0.15, 0.2) is 0 Å². The monoisotopic (exact) mass is 255 g/mol. The van der Waals surface area contributed by atoms with Gasteiger partial charge >= 0.3 is 0 Å². The second kappa shape index (κ2) is 8.54. The third-order valence-electron chi connectivity index (χ3n) is 3.95. The fourth-order valence-electron chi connectivity index (χ4n) is 2.41. The zero-order valence-corrected chi connectivity index (χ0v) is 12.2. The molecule has 0 spiro atoms. The number of rotatable bonds is 7. The number of aryl methyl sites for hydroxylation is 1. The average Bonchev–Trinajstić information content (AvgIpc) is 2.37. The molecule has 1 nitrogen and oxygen atoms in total. The third kappa shape index (κ3) is 5.10. The zero-order chi connectivity index (χ0) is 11.9. The van der Waals surface area contributed by atoms with Crippen LogP contribution in [0.1, 0.15) is 32.8 Å². The van der Waals surface area contributed by atoms with E-state index in [1.807, 2.05) is 0 Å². The van der Waals surface area contributed by atoms with Crippen LogP contribution in [-0.2, 0) is 6.42 Å². The van der Waals surface area contributed by atoms with Gasteiger partial charge in [0, 0.05) is 6.42 Å². The third-order valence-corrected chi connectivity index (χ3v) is 3.95. The van der Waals surface area contributed by atoms with Crippen molar-refractivity contribution >= 4 is 0 Å². The Morgan fingerprint density at radius 2 is 1.41 bits per heavy atom. The maximum atomic E-state index is 2.31. The van der Waals surface area contributed by atoms with Gasteiger partial charge in [-0.3, -0.25) is 0 Å². The molecule has 0 saturated carbocycles. The highest BCUT2D eigenvalue weighted by Gasteiger charge is 2.19. The molecule has 0 bridgehead atoms. The summed E-state index contributed by atoms with van der Waals surface area (Å²) in [7, 11) is 0. The summed E-state index contributed by atoms with van der Waals surface area (Å²) in [5.74, 6) is 0. The highest BCUT2D eigenvalue weighted by Crippen LogP contribution is 2.10. The highest BCUT2D eigenvalue weighted by atomic mass is 35.5. The van der Waals surface area contributed by atoms with E-state index >= 15 is 0 Å². The van der Waals surface area contributed by atoms with Crippen LogP contribution in [0.4, 0.5) is 0 Å². The first-order valence-electron chi connectivity index (χ1n) is 6.65. The van der Waals surface area contributed by atoms with Crippen LogP contribution in [0.5, 0.6) is 0 Å². The Bertz CT molecular complexity index is 272. The molecule has 98 valence electrons. The fraction of sp³-hybridized carbons (Fsp3) is 0.600. The van der Waals surface area contributed by atoms with E-state index in [4.69, 9.17) is 0 Å².